The minimum absolute atomic E-state index is 0.0416. The standard InChI is InChI=1S/C13H22N2O3/c1-9-6-8-15(11(9)12(16)17)13(18)14-7-5-10-3-2-4-10/h9-11H,2-8H2,1H3,(H,14,18)(H,16,17). The van der Waals surface area contributed by atoms with Gasteiger partial charge < -0.3 is 15.3 Å². The van der Waals surface area contributed by atoms with Crippen LogP contribution in [0.1, 0.15) is 39.0 Å². The Morgan fingerprint density at radius 2 is 2.06 bits per heavy atom. The Kier molecular flexibility index (Phi) is 4.09. The van der Waals surface area contributed by atoms with Crippen molar-refractivity contribution >= 4 is 12.0 Å². The molecule has 1 saturated heterocycles. The monoisotopic (exact) mass is 254 g/mol. The quantitative estimate of drug-likeness (QED) is 0.802. The van der Waals surface area contributed by atoms with Crippen molar-refractivity contribution in [3.05, 3.63) is 0 Å². The first kappa shape index (κ1) is 13.2. The third kappa shape index (κ3) is 2.76. The maximum absolute atomic E-state index is 11.9. The fourth-order valence-electron chi connectivity index (χ4n) is 2.82. The van der Waals surface area contributed by atoms with Gasteiger partial charge >= 0.3 is 12.0 Å². The number of amides is 2. The summed E-state index contributed by atoms with van der Waals surface area (Å²) >= 11 is 0. The molecule has 102 valence electrons. The lowest BCUT2D eigenvalue weighted by molar-refractivity contribution is -0.142. The molecule has 5 nitrogen and oxygen atoms in total. The SMILES string of the molecule is CC1CCN(C(=O)NCCC2CCC2)C1C(=O)O. The average molecular weight is 254 g/mol. The number of likely N-dealkylation sites (tertiary alicyclic amines) is 1. The van der Waals surface area contributed by atoms with Gasteiger partial charge in [-0.3, -0.25) is 0 Å². The summed E-state index contributed by atoms with van der Waals surface area (Å²) in [5, 5.41) is 12.0. The number of urea groups is 1. The number of carbonyl (C=O) groups is 2. The van der Waals surface area contributed by atoms with Crippen molar-refractivity contribution in [2.45, 2.75) is 45.1 Å². The van der Waals surface area contributed by atoms with Gasteiger partial charge in [0, 0.05) is 13.1 Å². The van der Waals surface area contributed by atoms with Crippen molar-refractivity contribution in [2.75, 3.05) is 13.1 Å². The molecule has 0 bridgehead atoms. The molecule has 2 unspecified atom stereocenters. The number of hydrogen-bond donors (Lipinski definition) is 2. The van der Waals surface area contributed by atoms with Crippen LogP contribution in [0.5, 0.6) is 0 Å². The number of carbonyl (C=O) groups excluding carboxylic acids is 1. The molecule has 0 spiro atoms. The molecule has 2 N–H and O–H groups in total. The number of carboxylic acid groups (broad SMARTS) is 1. The molecule has 2 aliphatic rings. The summed E-state index contributed by atoms with van der Waals surface area (Å²) in [5.41, 5.74) is 0. The van der Waals surface area contributed by atoms with Crippen LogP contribution in [0.2, 0.25) is 0 Å². The molecule has 2 amide bonds. The van der Waals surface area contributed by atoms with Crippen LogP contribution in [-0.2, 0) is 4.79 Å². The summed E-state index contributed by atoms with van der Waals surface area (Å²) < 4.78 is 0. The molecule has 0 aromatic carbocycles. The van der Waals surface area contributed by atoms with Gasteiger partial charge in [-0.1, -0.05) is 26.2 Å². The van der Waals surface area contributed by atoms with Gasteiger partial charge in [0.15, 0.2) is 0 Å². The first-order chi connectivity index (χ1) is 8.59. The Bertz CT molecular complexity index is 328. The number of carboxylic acids is 1. The van der Waals surface area contributed by atoms with Crippen LogP contribution in [0.15, 0.2) is 0 Å². The normalized spacial score (nSPS) is 27.9. The lowest BCUT2D eigenvalue weighted by Crippen LogP contribution is -2.48. The second-order valence-corrected chi connectivity index (χ2v) is 5.56. The lowest BCUT2D eigenvalue weighted by Gasteiger charge is -2.27. The van der Waals surface area contributed by atoms with E-state index in [0.29, 0.717) is 13.1 Å². The van der Waals surface area contributed by atoms with Gasteiger partial charge in [0.2, 0.25) is 0 Å². The van der Waals surface area contributed by atoms with Crippen LogP contribution in [0.25, 0.3) is 0 Å². The van der Waals surface area contributed by atoms with Crippen molar-refractivity contribution in [1.82, 2.24) is 10.2 Å². The average Bonchev–Trinajstić information content (AvgIpc) is 2.63. The smallest absolute Gasteiger partial charge is 0.326 e. The maximum Gasteiger partial charge on any atom is 0.326 e. The van der Waals surface area contributed by atoms with Crippen LogP contribution >= 0.6 is 0 Å². The Morgan fingerprint density at radius 1 is 1.33 bits per heavy atom. The highest BCUT2D eigenvalue weighted by Crippen LogP contribution is 2.29. The van der Waals surface area contributed by atoms with Gasteiger partial charge in [0.1, 0.15) is 6.04 Å². The second kappa shape index (κ2) is 5.59. The molecule has 1 aliphatic carbocycles. The predicted octanol–water partition coefficient (Wildman–Crippen LogP) is 1.68. The largest absolute Gasteiger partial charge is 0.480 e. The second-order valence-electron chi connectivity index (χ2n) is 5.56. The first-order valence-electron chi connectivity index (χ1n) is 6.87. The fourth-order valence-corrected chi connectivity index (χ4v) is 2.82. The Hall–Kier alpha value is -1.26. The van der Waals surface area contributed by atoms with E-state index in [9.17, 15) is 9.59 Å². The molecule has 1 heterocycles. The molecule has 18 heavy (non-hydrogen) atoms. The van der Waals surface area contributed by atoms with Crippen molar-refractivity contribution in [2.24, 2.45) is 11.8 Å². The Labute approximate surface area is 108 Å². The molecule has 5 heteroatoms. The molecule has 2 atom stereocenters. The van der Waals surface area contributed by atoms with Gasteiger partial charge in [-0.05, 0) is 24.7 Å². The minimum atomic E-state index is -0.894. The lowest BCUT2D eigenvalue weighted by atomic mass is 9.83. The highest BCUT2D eigenvalue weighted by molar-refractivity contribution is 5.83. The van der Waals surface area contributed by atoms with E-state index in [0.717, 1.165) is 18.8 Å². The van der Waals surface area contributed by atoms with E-state index < -0.39 is 12.0 Å². The molecule has 2 fully saturated rings. The molecule has 0 radical (unpaired) electrons. The topological polar surface area (TPSA) is 69.6 Å². The van der Waals surface area contributed by atoms with Gasteiger partial charge in [0.05, 0.1) is 0 Å². The van der Waals surface area contributed by atoms with Gasteiger partial charge in [-0.15, -0.1) is 0 Å². The van der Waals surface area contributed by atoms with Gasteiger partial charge in [-0.2, -0.15) is 0 Å². The van der Waals surface area contributed by atoms with E-state index in [1.54, 1.807) is 0 Å². The number of aliphatic carboxylic acids is 1. The molecular weight excluding hydrogens is 232 g/mol. The zero-order chi connectivity index (χ0) is 13.1. The molecule has 2 rings (SSSR count). The number of rotatable bonds is 4. The van der Waals surface area contributed by atoms with Crippen LogP contribution < -0.4 is 5.32 Å². The highest BCUT2D eigenvalue weighted by atomic mass is 16.4. The Balaban J connectivity index is 1.78. The van der Waals surface area contributed by atoms with Crippen LogP contribution in [0.4, 0.5) is 4.79 Å². The number of nitrogens with one attached hydrogen (secondary N) is 1. The Morgan fingerprint density at radius 3 is 2.61 bits per heavy atom. The first-order valence-corrected chi connectivity index (χ1v) is 6.87. The van der Waals surface area contributed by atoms with Gasteiger partial charge in [0.25, 0.3) is 0 Å². The van der Waals surface area contributed by atoms with E-state index in [1.807, 2.05) is 6.92 Å². The number of nitrogens with zero attached hydrogens (tertiary/aromatic N) is 1. The van der Waals surface area contributed by atoms with Crippen molar-refractivity contribution in [1.29, 1.82) is 0 Å². The molecule has 1 saturated carbocycles. The van der Waals surface area contributed by atoms with Crippen molar-refractivity contribution in [3.8, 4) is 0 Å². The summed E-state index contributed by atoms with van der Waals surface area (Å²) in [6.07, 6.45) is 5.64. The summed E-state index contributed by atoms with van der Waals surface area (Å²) in [5.74, 6) is -0.0907. The van der Waals surface area contributed by atoms with Gasteiger partial charge in [-0.25, -0.2) is 9.59 Å². The number of hydrogen-bond acceptors (Lipinski definition) is 2. The van der Waals surface area contributed by atoms with E-state index >= 15 is 0 Å². The molecule has 0 aromatic rings. The zero-order valence-electron chi connectivity index (χ0n) is 10.9. The summed E-state index contributed by atoms with van der Waals surface area (Å²) in [6.45, 7) is 3.11. The van der Waals surface area contributed by atoms with Crippen LogP contribution in [-0.4, -0.2) is 41.1 Å². The third-order valence-corrected chi connectivity index (χ3v) is 4.27. The van der Waals surface area contributed by atoms with Crippen molar-refractivity contribution in [3.63, 3.8) is 0 Å². The van der Waals surface area contributed by atoms with E-state index in [4.69, 9.17) is 5.11 Å². The summed E-state index contributed by atoms with van der Waals surface area (Å²) in [6, 6.07) is -0.875. The van der Waals surface area contributed by atoms with E-state index in [-0.39, 0.29) is 11.9 Å². The highest BCUT2D eigenvalue weighted by Gasteiger charge is 2.39. The predicted molar refractivity (Wildman–Crippen MR) is 67.3 cm³/mol. The fraction of sp³-hybridized carbons (Fsp3) is 0.846. The zero-order valence-corrected chi connectivity index (χ0v) is 10.9. The summed E-state index contributed by atoms with van der Waals surface area (Å²) in [4.78, 5) is 24.6. The molecule has 0 aromatic heterocycles. The van der Waals surface area contributed by atoms with Crippen molar-refractivity contribution < 1.29 is 14.7 Å². The summed E-state index contributed by atoms with van der Waals surface area (Å²) in [7, 11) is 0. The van der Waals surface area contributed by atoms with Crippen LogP contribution in [0.3, 0.4) is 0 Å². The van der Waals surface area contributed by atoms with E-state index in [2.05, 4.69) is 5.32 Å². The molecular formula is C13H22N2O3. The third-order valence-electron chi connectivity index (χ3n) is 4.27. The van der Waals surface area contributed by atoms with E-state index in [1.165, 1.54) is 24.2 Å². The maximum atomic E-state index is 11.9. The van der Waals surface area contributed by atoms with Crippen LogP contribution in [0, 0.1) is 11.8 Å². The minimum Gasteiger partial charge on any atom is -0.480 e. The molecule has 1 aliphatic heterocycles.